The first kappa shape index (κ1) is 12.8. The van der Waals surface area contributed by atoms with Gasteiger partial charge in [-0.3, -0.25) is 4.79 Å². The first-order valence-electron chi connectivity index (χ1n) is 6.22. The molecule has 0 aromatic carbocycles. The average molecular weight is 253 g/mol. The highest BCUT2D eigenvalue weighted by Gasteiger charge is 2.23. The van der Waals surface area contributed by atoms with Gasteiger partial charge in [0.15, 0.2) is 0 Å². The molecule has 0 aliphatic carbocycles. The van der Waals surface area contributed by atoms with Crippen molar-refractivity contribution in [3.8, 4) is 0 Å². The smallest absolute Gasteiger partial charge is 0.315 e. The molecule has 1 saturated heterocycles. The van der Waals surface area contributed by atoms with Gasteiger partial charge in [-0.15, -0.1) is 5.10 Å². The predicted molar refractivity (Wildman–Crippen MR) is 66.0 cm³/mol. The molecule has 1 fully saturated rings. The lowest BCUT2D eigenvalue weighted by Crippen LogP contribution is -2.43. The van der Waals surface area contributed by atoms with E-state index in [2.05, 4.69) is 20.8 Å². The second kappa shape index (κ2) is 5.81. The van der Waals surface area contributed by atoms with Crippen LogP contribution >= 0.6 is 0 Å². The Bertz CT molecular complexity index is 406. The molecule has 2 N–H and O–H groups in total. The number of hydrogen-bond donors (Lipinski definition) is 2. The molecule has 1 amide bonds. The van der Waals surface area contributed by atoms with Crippen LogP contribution in [0, 0.1) is 0 Å². The summed E-state index contributed by atoms with van der Waals surface area (Å²) in [6, 6.07) is 0.607. The normalized spacial score (nSPS) is 20.2. The third-order valence-electron chi connectivity index (χ3n) is 2.95. The van der Waals surface area contributed by atoms with Gasteiger partial charge in [-0.05, 0) is 13.0 Å². The Balaban J connectivity index is 1.85. The molecule has 100 valence electrons. The molecule has 7 heteroatoms. The Morgan fingerprint density at radius 2 is 2.33 bits per heavy atom. The Kier molecular flexibility index (Phi) is 4.14. The summed E-state index contributed by atoms with van der Waals surface area (Å²) in [4.78, 5) is 13.1. The van der Waals surface area contributed by atoms with Crippen LogP contribution in [0.4, 0.5) is 6.01 Å². The number of piperidine rings is 1. The number of hydrogen-bond acceptors (Lipinski definition) is 6. The minimum Gasteiger partial charge on any atom is -0.407 e. The third-order valence-corrected chi connectivity index (χ3v) is 2.95. The van der Waals surface area contributed by atoms with Crippen molar-refractivity contribution in [1.29, 1.82) is 0 Å². The number of likely N-dealkylation sites (N-methyl/N-ethyl adjacent to an activating group) is 1. The van der Waals surface area contributed by atoms with E-state index in [9.17, 15) is 4.79 Å². The molecular weight excluding hydrogens is 234 g/mol. The number of amides is 1. The highest BCUT2D eigenvalue weighted by Crippen LogP contribution is 2.15. The summed E-state index contributed by atoms with van der Waals surface area (Å²) >= 11 is 0. The lowest BCUT2D eigenvalue weighted by Gasteiger charge is -2.29. The van der Waals surface area contributed by atoms with Crippen LogP contribution in [0.15, 0.2) is 4.42 Å². The van der Waals surface area contributed by atoms with Crippen molar-refractivity contribution in [3.05, 3.63) is 5.89 Å². The van der Waals surface area contributed by atoms with E-state index < -0.39 is 0 Å². The summed E-state index contributed by atoms with van der Waals surface area (Å²) in [5, 5.41) is 14.2. The maximum atomic E-state index is 11.4. The first-order chi connectivity index (χ1) is 8.69. The summed E-state index contributed by atoms with van der Waals surface area (Å²) in [6.45, 7) is 4.13. The zero-order valence-corrected chi connectivity index (χ0v) is 10.8. The van der Waals surface area contributed by atoms with Crippen LogP contribution in [0.1, 0.15) is 25.7 Å². The largest absolute Gasteiger partial charge is 0.407 e. The molecule has 18 heavy (non-hydrogen) atoms. The summed E-state index contributed by atoms with van der Waals surface area (Å²) in [5.74, 6) is 0.756. The second-order valence-corrected chi connectivity index (χ2v) is 4.44. The predicted octanol–water partition coefficient (Wildman–Crippen LogP) is 0.212. The van der Waals surface area contributed by atoms with Crippen molar-refractivity contribution in [2.75, 3.05) is 25.5 Å². The summed E-state index contributed by atoms with van der Waals surface area (Å²) in [5.41, 5.74) is 0. The summed E-state index contributed by atoms with van der Waals surface area (Å²) in [7, 11) is 1.81. The van der Waals surface area contributed by atoms with Gasteiger partial charge in [-0.1, -0.05) is 12.0 Å². The molecule has 0 radical (unpaired) electrons. The van der Waals surface area contributed by atoms with E-state index in [1.165, 1.54) is 0 Å². The average Bonchev–Trinajstić information content (AvgIpc) is 2.79. The molecule has 2 heterocycles. The Morgan fingerprint density at radius 3 is 3.06 bits per heavy atom. The van der Waals surface area contributed by atoms with Gasteiger partial charge in [-0.2, -0.15) is 0 Å². The van der Waals surface area contributed by atoms with E-state index in [0.29, 0.717) is 31.4 Å². The fourth-order valence-electron chi connectivity index (χ4n) is 1.92. The van der Waals surface area contributed by atoms with E-state index in [0.717, 1.165) is 13.0 Å². The first-order valence-corrected chi connectivity index (χ1v) is 6.22. The molecule has 0 saturated carbocycles. The number of aromatic nitrogens is 2. The quantitative estimate of drug-likeness (QED) is 0.780. The third kappa shape index (κ3) is 3.19. The maximum Gasteiger partial charge on any atom is 0.315 e. The number of likely N-dealkylation sites (tertiary alicyclic amines) is 1. The van der Waals surface area contributed by atoms with E-state index >= 15 is 0 Å². The van der Waals surface area contributed by atoms with Crippen LogP contribution in [-0.2, 0) is 11.3 Å². The number of carbonyl (C=O) groups excluding carboxylic acids is 1. The van der Waals surface area contributed by atoms with E-state index in [-0.39, 0.29) is 11.9 Å². The number of nitrogens with one attached hydrogen (secondary N) is 2. The fraction of sp³-hybridized carbons (Fsp3) is 0.727. The Morgan fingerprint density at radius 1 is 1.50 bits per heavy atom. The van der Waals surface area contributed by atoms with E-state index in [1.807, 2.05) is 6.92 Å². The number of carbonyl (C=O) groups is 1. The van der Waals surface area contributed by atoms with Gasteiger partial charge >= 0.3 is 6.01 Å². The second-order valence-electron chi connectivity index (χ2n) is 4.44. The van der Waals surface area contributed by atoms with E-state index in [4.69, 9.17) is 4.42 Å². The van der Waals surface area contributed by atoms with Gasteiger partial charge in [0.2, 0.25) is 11.8 Å². The SMILES string of the molecule is CCNCc1nnc(NC2CCC(=O)N(C)C2)o1. The molecule has 1 aromatic heterocycles. The van der Waals surface area contributed by atoms with Crippen molar-refractivity contribution in [3.63, 3.8) is 0 Å². The highest BCUT2D eigenvalue weighted by atomic mass is 16.4. The van der Waals surface area contributed by atoms with Crippen molar-refractivity contribution in [2.24, 2.45) is 0 Å². The zero-order valence-electron chi connectivity index (χ0n) is 10.8. The molecule has 1 aromatic rings. The standard InChI is InChI=1S/C11H19N5O2/c1-3-12-6-9-14-15-11(18-9)13-8-4-5-10(17)16(2)7-8/h8,12H,3-7H2,1-2H3,(H,13,15). The van der Waals surface area contributed by atoms with Crippen LogP contribution in [0.2, 0.25) is 0 Å². The lowest BCUT2D eigenvalue weighted by atomic mass is 10.1. The van der Waals surface area contributed by atoms with Gasteiger partial charge in [0.1, 0.15) is 0 Å². The van der Waals surface area contributed by atoms with Crippen LogP contribution in [0.25, 0.3) is 0 Å². The van der Waals surface area contributed by atoms with Gasteiger partial charge in [0.05, 0.1) is 6.54 Å². The van der Waals surface area contributed by atoms with Crippen molar-refractivity contribution in [2.45, 2.75) is 32.4 Å². The molecule has 7 nitrogen and oxygen atoms in total. The molecule has 0 spiro atoms. The topological polar surface area (TPSA) is 83.3 Å². The molecule has 1 atom stereocenters. The van der Waals surface area contributed by atoms with Crippen LogP contribution in [0.5, 0.6) is 0 Å². The van der Waals surface area contributed by atoms with Gasteiger partial charge in [0, 0.05) is 26.1 Å². The molecule has 1 unspecified atom stereocenters. The monoisotopic (exact) mass is 253 g/mol. The van der Waals surface area contributed by atoms with Crippen LogP contribution in [0.3, 0.4) is 0 Å². The number of rotatable bonds is 5. The number of anilines is 1. The van der Waals surface area contributed by atoms with Crippen molar-refractivity contribution >= 4 is 11.9 Å². The van der Waals surface area contributed by atoms with Gasteiger partial charge < -0.3 is 20.0 Å². The molecular formula is C11H19N5O2. The Hall–Kier alpha value is -1.63. The van der Waals surface area contributed by atoms with Gasteiger partial charge in [-0.25, -0.2) is 0 Å². The number of nitrogens with zero attached hydrogens (tertiary/aromatic N) is 3. The lowest BCUT2D eigenvalue weighted by molar-refractivity contribution is -0.132. The molecule has 0 bridgehead atoms. The molecule has 1 aliphatic rings. The van der Waals surface area contributed by atoms with E-state index in [1.54, 1.807) is 11.9 Å². The van der Waals surface area contributed by atoms with Crippen LogP contribution in [-0.4, -0.2) is 47.2 Å². The Labute approximate surface area is 106 Å². The van der Waals surface area contributed by atoms with Crippen molar-refractivity contribution in [1.82, 2.24) is 20.4 Å². The van der Waals surface area contributed by atoms with Crippen LogP contribution < -0.4 is 10.6 Å². The minimum atomic E-state index is 0.181. The van der Waals surface area contributed by atoms with Gasteiger partial charge in [0.25, 0.3) is 0 Å². The minimum absolute atomic E-state index is 0.181. The highest BCUT2D eigenvalue weighted by molar-refractivity contribution is 5.76. The summed E-state index contributed by atoms with van der Waals surface area (Å²) < 4.78 is 5.45. The molecule has 1 aliphatic heterocycles. The molecule has 2 rings (SSSR count). The maximum absolute atomic E-state index is 11.4. The fourth-order valence-corrected chi connectivity index (χ4v) is 1.92. The zero-order chi connectivity index (χ0) is 13.0. The summed E-state index contributed by atoms with van der Waals surface area (Å²) in [6.07, 6.45) is 1.36. The van der Waals surface area contributed by atoms with Crippen molar-refractivity contribution < 1.29 is 9.21 Å².